The van der Waals surface area contributed by atoms with Gasteiger partial charge in [0.2, 0.25) is 5.91 Å². The molecular formula is C21H29NO4. The number of benzene rings is 1. The van der Waals surface area contributed by atoms with Crippen LogP contribution in [-0.2, 0) is 16.0 Å². The Labute approximate surface area is 155 Å². The number of carbonyl (C=O) groups excluding carboxylic acids is 1. The minimum absolute atomic E-state index is 0.0134. The highest BCUT2D eigenvalue weighted by atomic mass is 16.7. The minimum Gasteiger partial charge on any atom is -0.470 e. The molecule has 3 aliphatic rings. The zero-order chi connectivity index (χ0) is 18.4. The van der Waals surface area contributed by atoms with Crippen molar-refractivity contribution >= 4 is 5.91 Å². The van der Waals surface area contributed by atoms with Crippen LogP contribution < -0.4 is 9.47 Å². The van der Waals surface area contributed by atoms with E-state index in [-0.39, 0.29) is 30.6 Å². The molecule has 5 heteroatoms. The van der Waals surface area contributed by atoms with Crippen molar-refractivity contribution in [3.8, 4) is 11.5 Å². The van der Waals surface area contributed by atoms with Crippen molar-refractivity contribution in [1.29, 1.82) is 0 Å². The fraction of sp³-hybridized carbons (Fsp3) is 0.667. The average Bonchev–Trinajstić information content (AvgIpc) is 2.96. The molecule has 142 valence electrons. The lowest BCUT2D eigenvalue weighted by molar-refractivity contribution is -0.139. The molecule has 1 amide bonds. The normalized spacial score (nSPS) is 29.5. The van der Waals surface area contributed by atoms with Crippen LogP contribution in [0.2, 0.25) is 0 Å². The SMILES string of the molecule is CCCCCc1cc2c(c3c1C(C)OC(C)O3)C1CCC(=O)N1C(C)O2. The lowest BCUT2D eigenvalue weighted by Gasteiger charge is -2.41. The number of hydrogen-bond acceptors (Lipinski definition) is 4. The highest BCUT2D eigenvalue weighted by Crippen LogP contribution is 2.52. The molecule has 0 saturated carbocycles. The van der Waals surface area contributed by atoms with Gasteiger partial charge in [-0.15, -0.1) is 0 Å². The summed E-state index contributed by atoms with van der Waals surface area (Å²) in [5.74, 6) is 1.96. The van der Waals surface area contributed by atoms with Crippen LogP contribution in [0.3, 0.4) is 0 Å². The summed E-state index contributed by atoms with van der Waals surface area (Å²) in [5, 5.41) is 0. The van der Waals surface area contributed by atoms with E-state index in [1.807, 2.05) is 18.7 Å². The van der Waals surface area contributed by atoms with Gasteiger partial charge < -0.3 is 14.2 Å². The molecule has 0 aliphatic carbocycles. The number of fused-ring (bicyclic) bond motifs is 5. The standard InChI is InChI=1S/C21H29NO4/c1-5-6-7-8-15-11-17-20(21-19(15)12(2)24-14(4)26-21)16-9-10-18(23)22(16)13(3)25-17/h11-14,16H,5-10H2,1-4H3. The fourth-order valence-corrected chi connectivity index (χ4v) is 4.71. The first-order valence-electron chi connectivity index (χ1n) is 10.0. The van der Waals surface area contributed by atoms with Gasteiger partial charge in [0.1, 0.15) is 11.5 Å². The van der Waals surface area contributed by atoms with Gasteiger partial charge in [0.25, 0.3) is 0 Å². The molecule has 26 heavy (non-hydrogen) atoms. The molecule has 5 nitrogen and oxygen atoms in total. The highest BCUT2D eigenvalue weighted by Gasteiger charge is 2.45. The summed E-state index contributed by atoms with van der Waals surface area (Å²) in [5.41, 5.74) is 3.46. The molecule has 1 aromatic rings. The van der Waals surface area contributed by atoms with Crippen LogP contribution in [0.5, 0.6) is 11.5 Å². The number of ether oxygens (including phenoxy) is 3. The Morgan fingerprint density at radius 2 is 1.96 bits per heavy atom. The predicted molar refractivity (Wildman–Crippen MR) is 98.2 cm³/mol. The third-order valence-corrected chi connectivity index (χ3v) is 5.82. The smallest absolute Gasteiger partial charge is 0.226 e. The van der Waals surface area contributed by atoms with Crippen molar-refractivity contribution in [3.05, 3.63) is 22.8 Å². The molecule has 0 radical (unpaired) electrons. The third-order valence-electron chi connectivity index (χ3n) is 5.82. The summed E-state index contributed by atoms with van der Waals surface area (Å²) in [6.45, 7) is 8.21. The molecule has 4 unspecified atom stereocenters. The third kappa shape index (κ3) is 2.77. The Morgan fingerprint density at radius 1 is 1.15 bits per heavy atom. The molecule has 4 atom stereocenters. The van der Waals surface area contributed by atoms with Gasteiger partial charge in [-0.1, -0.05) is 19.8 Å². The molecule has 3 aliphatic heterocycles. The van der Waals surface area contributed by atoms with Gasteiger partial charge >= 0.3 is 0 Å². The van der Waals surface area contributed by atoms with Crippen molar-refractivity contribution in [3.63, 3.8) is 0 Å². The average molecular weight is 359 g/mol. The van der Waals surface area contributed by atoms with Crippen molar-refractivity contribution in [2.24, 2.45) is 0 Å². The summed E-state index contributed by atoms with van der Waals surface area (Å²) in [6, 6.07) is 2.23. The van der Waals surface area contributed by atoms with E-state index in [0.717, 1.165) is 41.9 Å². The van der Waals surface area contributed by atoms with Crippen LogP contribution in [0.4, 0.5) is 0 Å². The lowest BCUT2D eigenvalue weighted by atomic mass is 9.89. The van der Waals surface area contributed by atoms with Gasteiger partial charge in [0, 0.05) is 12.0 Å². The molecule has 1 aromatic carbocycles. The number of amides is 1. The predicted octanol–water partition coefficient (Wildman–Crippen LogP) is 4.64. The first kappa shape index (κ1) is 17.7. The quantitative estimate of drug-likeness (QED) is 0.735. The van der Waals surface area contributed by atoms with Crippen molar-refractivity contribution < 1.29 is 19.0 Å². The van der Waals surface area contributed by atoms with E-state index < -0.39 is 0 Å². The zero-order valence-electron chi connectivity index (χ0n) is 16.2. The highest BCUT2D eigenvalue weighted by molar-refractivity contribution is 5.80. The second-order valence-electron chi connectivity index (χ2n) is 7.68. The van der Waals surface area contributed by atoms with Crippen LogP contribution in [0.25, 0.3) is 0 Å². The topological polar surface area (TPSA) is 48.0 Å². The van der Waals surface area contributed by atoms with E-state index in [0.29, 0.717) is 6.42 Å². The number of rotatable bonds is 4. The summed E-state index contributed by atoms with van der Waals surface area (Å²) in [7, 11) is 0. The number of unbranched alkanes of at least 4 members (excludes halogenated alkanes) is 2. The van der Waals surface area contributed by atoms with Crippen LogP contribution in [-0.4, -0.2) is 23.3 Å². The maximum Gasteiger partial charge on any atom is 0.226 e. The largest absolute Gasteiger partial charge is 0.470 e. The monoisotopic (exact) mass is 359 g/mol. The maximum atomic E-state index is 12.3. The molecular weight excluding hydrogens is 330 g/mol. The summed E-state index contributed by atoms with van der Waals surface area (Å²) in [4.78, 5) is 14.2. The van der Waals surface area contributed by atoms with E-state index in [9.17, 15) is 4.79 Å². The Morgan fingerprint density at radius 3 is 2.73 bits per heavy atom. The van der Waals surface area contributed by atoms with E-state index in [1.165, 1.54) is 18.4 Å². The van der Waals surface area contributed by atoms with Crippen molar-refractivity contribution in [2.45, 2.75) is 90.9 Å². The van der Waals surface area contributed by atoms with Gasteiger partial charge in [0.15, 0.2) is 12.5 Å². The van der Waals surface area contributed by atoms with Gasteiger partial charge in [-0.3, -0.25) is 9.69 Å². The van der Waals surface area contributed by atoms with Crippen LogP contribution >= 0.6 is 0 Å². The van der Waals surface area contributed by atoms with Crippen molar-refractivity contribution in [2.75, 3.05) is 0 Å². The molecule has 1 saturated heterocycles. The van der Waals surface area contributed by atoms with Crippen LogP contribution in [0.1, 0.15) is 88.6 Å². The maximum absolute atomic E-state index is 12.3. The first-order chi connectivity index (χ1) is 12.5. The van der Waals surface area contributed by atoms with Gasteiger partial charge in [-0.2, -0.15) is 0 Å². The molecule has 0 aromatic heterocycles. The van der Waals surface area contributed by atoms with Crippen LogP contribution in [0, 0.1) is 0 Å². The first-order valence-corrected chi connectivity index (χ1v) is 10.0. The number of nitrogens with zero attached hydrogens (tertiary/aromatic N) is 1. The molecule has 4 rings (SSSR count). The summed E-state index contributed by atoms with van der Waals surface area (Å²) >= 11 is 0. The van der Waals surface area contributed by atoms with E-state index in [2.05, 4.69) is 19.9 Å². The second-order valence-corrected chi connectivity index (χ2v) is 7.68. The van der Waals surface area contributed by atoms with E-state index in [1.54, 1.807) is 0 Å². The van der Waals surface area contributed by atoms with Gasteiger partial charge in [0.05, 0.1) is 17.7 Å². The Balaban J connectivity index is 1.83. The lowest BCUT2D eigenvalue weighted by Crippen LogP contribution is -2.43. The second kappa shape index (κ2) is 6.76. The molecule has 0 spiro atoms. The number of carbonyl (C=O) groups is 1. The van der Waals surface area contributed by atoms with E-state index in [4.69, 9.17) is 14.2 Å². The van der Waals surface area contributed by atoms with Gasteiger partial charge in [-0.25, -0.2) is 0 Å². The Hall–Kier alpha value is -1.75. The van der Waals surface area contributed by atoms with Crippen LogP contribution in [0.15, 0.2) is 6.07 Å². The Kier molecular flexibility index (Phi) is 4.59. The Bertz CT molecular complexity index is 716. The molecule has 0 bridgehead atoms. The molecule has 0 N–H and O–H groups in total. The zero-order valence-corrected chi connectivity index (χ0v) is 16.2. The molecule has 1 fully saturated rings. The summed E-state index contributed by atoms with van der Waals surface area (Å²) in [6.07, 6.45) is 5.42. The minimum atomic E-state index is -0.294. The number of hydrogen-bond donors (Lipinski definition) is 0. The van der Waals surface area contributed by atoms with Crippen molar-refractivity contribution in [1.82, 2.24) is 4.90 Å². The van der Waals surface area contributed by atoms with Gasteiger partial charge in [-0.05, 0) is 51.7 Å². The molecule has 3 heterocycles. The summed E-state index contributed by atoms with van der Waals surface area (Å²) < 4.78 is 18.3. The van der Waals surface area contributed by atoms with E-state index >= 15 is 0 Å². The number of aryl methyl sites for hydroxylation is 1. The fourth-order valence-electron chi connectivity index (χ4n) is 4.71.